The van der Waals surface area contributed by atoms with Crippen LogP contribution >= 0.6 is 0 Å². The van der Waals surface area contributed by atoms with Gasteiger partial charge in [0.2, 0.25) is 0 Å². The molecule has 1 aromatic rings. The van der Waals surface area contributed by atoms with Gasteiger partial charge in [-0.05, 0) is 11.6 Å². The molecule has 0 aliphatic heterocycles. The van der Waals surface area contributed by atoms with E-state index >= 15 is 0 Å². The van der Waals surface area contributed by atoms with Crippen LogP contribution in [0.4, 0.5) is 22.0 Å². The van der Waals surface area contributed by atoms with Crippen LogP contribution in [0.3, 0.4) is 0 Å². The van der Waals surface area contributed by atoms with Crippen LogP contribution in [-0.4, -0.2) is 17.4 Å². The molecule has 0 amide bonds. The molecular formula is C9H7F5O. The summed E-state index contributed by atoms with van der Waals surface area (Å²) in [5.41, 5.74) is -0.500. The molecule has 0 bridgehead atoms. The summed E-state index contributed by atoms with van der Waals surface area (Å²) < 4.78 is 61.2. The summed E-state index contributed by atoms with van der Waals surface area (Å²) >= 11 is 0. The first kappa shape index (κ1) is 11.9. The molecule has 0 heterocycles. The van der Waals surface area contributed by atoms with E-state index in [1.165, 1.54) is 0 Å². The standard InChI is InChI=1S/C9H7F5O/c10-6-3-1-2-5(8(6)11)4-7(15)9(12,13)14/h1-3,7,15H,4H2. The van der Waals surface area contributed by atoms with Gasteiger partial charge < -0.3 is 5.11 Å². The first-order valence-corrected chi connectivity index (χ1v) is 4.00. The lowest BCUT2D eigenvalue weighted by atomic mass is 10.1. The summed E-state index contributed by atoms with van der Waals surface area (Å²) in [5.74, 6) is -2.59. The predicted octanol–water partition coefficient (Wildman–Crippen LogP) is 2.43. The van der Waals surface area contributed by atoms with Gasteiger partial charge in [-0.3, -0.25) is 0 Å². The van der Waals surface area contributed by atoms with Crippen LogP contribution in [0.25, 0.3) is 0 Å². The normalized spacial score (nSPS) is 14.0. The molecule has 0 aliphatic rings. The first-order valence-electron chi connectivity index (χ1n) is 4.00. The molecule has 0 spiro atoms. The molecule has 1 atom stereocenters. The van der Waals surface area contributed by atoms with Crippen LogP contribution in [0.5, 0.6) is 0 Å². The Bertz CT molecular complexity index is 347. The van der Waals surface area contributed by atoms with Crippen molar-refractivity contribution in [1.29, 1.82) is 0 Å². The fourth-order valence-corrected chi connectivity index (χ4v) is 1.03. The Kier molecular flexibility index (Phi) is 3.28. The van der Waals surface area contributed by atoms with Gasteiger partial charge in [-0.15, -0.1) is 0 Å². The maximum absolute atomic E-state index is 12.9. The van der Waals surface area contributed by atoms with E-state index in [0.717, 1.165) is 18.2 Å². The monoisotopic (exact) mass is 226 g/mol. The van der Waals surface area contributed by atoms with Crippen LogP contribution in [0.1, 0.15) is 5.56 Å². The average molecular weight is 226 g/mol. The number of aliphatic hydroxyl groups is 1. The molecule has 1 aromatic carbocycles. The highest BCUT2D eigenvalue weighted by atomic mass is 19.4. The second-order valence-electron chi connectivity index (χ2n) is 2.97. The first-order chi connectivity index (χ1) is 6.82. The van der Waals surface area contributed by atoms with Crippen molar-refractivity contribution >= 4 is 0 Å². The second kappa shape index (κ2) is 4.14. The van der Waals surface area contributed by atoms with E-state index in [1.807, 2.05) is 0 Å². The van der Waals surface area contributed by atoms with Gasteiger partial charge in [0.05, 0.1) is 0 Å². The summed E-state index contributed by atoms with van der Waals surface area (Å²) in [6, 6.07) is 2.86. The van der Waals surface area contributed by atoms with Crippen LogP contribution in [0, 0.1) is 11.6 Å². The van der Waals surface area contributed by atoms with Crippen molar-refractivity contribution in [2.24, 2.45) is 0 Å². The van der Waals surface area contributed by atoms with Gasteiger partial charge in [0.15, 0.2) is 17.7 Å². The van der Waals surface area contributed by atoms with Crippen LogP contribution < -0.4 is 0 Å². The molecule has 1 nitrogen and oxygen atoms in total. The molecule has 15 heavy (non-hydrogen) atoms. The number of rotatable bonds is 2. The van der Waals surface area contributed by atoms with Crippen molar-refractivity contribution in [2.75, 3.05) is 0 Å². The molecule has 0 radical (unpaired) electrons. The topological polar surface area (TPSA) is 20.2 Å². The van der Waals surface area contributed by atoms with E-state index in [2.05, 4.69) is 0 Å². The van der Waals surface area contributed by atoms with Gasteiger partial charge in [0.1, 0.15) is 0 Å². The summed E-state index contributed by atoms with van der Waals surface area (Å²) in [5, 5.41) is 8.64. The molecule has 1 N–H and O–H groups in total. The van der Waals surface area contributed by atoms with E-state index in [4.69, 9.17) is 5.11 Å². The Morgan fingerprint density at radius 1 is 1.20 bits per heavy atom. The summed E-state index contributed by atoms with van der Waals surface area (Å²) in [4.78, 5) is 0. The van der Waals surface area contributed by atoms with Gasteiger partial charge in [-0.25, -0.2) is 8.78 Å². The molecule has 84 valence electrons. The van der Waals surface area contributed by atoms with E-state index in [1.54, 1.807) is 0 Å². The lowest BCUT2D eigenvalue weighted by molar-refractivity contribution is -0.203. The fraction of sp³-hybridized carbons (Fsp3) is 0.333. The van der Waals surface area contributed by atoms with Crippen molar-refractivity contribution in [3.63, 3.8) is 0 Å². The van der Waals surface area contributed by atoms with E-state index in [9.17, 15) is 22.0 Å². The number of hydrogen-bond donors (Lipinski definition) is 1. The van der Waals surface area contributed by atoms with Gasteiger partial charge in [0.25, 0.3) is 0 Å². The van der Waals surface area contributed by atoms with Crippen molar-refractivity contribution in [3.8, 4) is 0 Å². The summed E-state index contributed by atoms with van der Waals surface area (Å²) in [6.45, 7) is 0. The average Bonchev–Trinajstić information content (AvgIpc) is 2.11. The van der Waals surface area contributed by atoms with Gasteiger partial charge in [0, 0.05) is 6.42 Å². The Labute approximate surface area is 82.1 Å². The molecular weight excluding hydrogens is 219 g/mol. The largest absolute Gasteiger partial charge is 0.414 e. The Hall–Kier alpha value is -1.17. The highest BCUT2D eigenvalue weighted by Crippen LogP contribution is 2.24. The predicted molar refractivity (Wildman–Crippen MR) is 42.1 cm³/mol. The molecule has 1 unspecified atom stereocenters. The van der Waals surface area contributed by atoms with Crippen molar-refractivity contribution in [3.05, 3.63) is 35.4 Å². The summed E-state index contributed by atoms with van der Waals surface area (Å²) in [6.07, 6.45) is -8.51. The lowest BCUT2D eigenvalue weighted by Crippen LogP contribution is -2.30. The zero-order valence-corrected chi connectivity index (χ0v) is 7.35. The third-order valence-corrected chi connectivity index (χ3v) is 1.82. The lowest BCUT2D eigenvalue weighted by Gasteiger charge is -2.14. The Morgan fingerprint density at radius 3 is 2.33 bits per heavy atom. The molecule has 0 aliphatic carbocycles. The highest BCUT2D eigenvalue weighted by molar-refractivity contribution is 5.19. The van der Waals surface area contributed by atoms with Crippen LogP contribution in [-0.2, 0) is 6.42 Å². The highest BCUT2D eigenvalue weighted by Gasteiger charge is 2.38. The van der Waals surface area contributed by atoms with Crippen molar-refractivity contribution < 1.29 is 27.1 Å². The number of halogens is 5. The van der Waals surface area contributed by atoms with Crippen LogP contribution in [0.2, 0.25) is 0 Å². The van der Waals surface area contributed by atoms with Gasteiger partial charge in [-0.1, -0.05) is 12.1 Å². The van der Waals surface area contributed by atoms with E-state index < -0.39 is 35.9 Å². The quantitative estimate of drug-likeness (QED) is 0.768. The van der Waals surface area contributed by atoms with Gasteiger partial charge in [-0.2, -0.15) is 13.2 Å². The molecule has 6 heteroatoms. The minimum Gasteiger partial charge on any atom is -0.383 e. The molecule has 0 saturated heterocycles. The van der Waals surface area contributed by atoms with E-state index in [0.29, 0.717) is 0 Å². The number of benzene rings is 1. The third kappa shape index (κ3) is 2.89. The van der Waals surface area contributed by atoms with Gasteiger partial charge >= 0.3 is 6.18 Å². The zero-order chi connectivity index (χ0) is 11.6. The maximum Gasteiger partial charge on any atom is 0.414 e. The fourth-order valence-electron chi connectivity index (χ4n) is 1.03. The molecule has 1 rings (SSSR count). The van der Waals surface area contributed by atoms with Crippen molar-refractivity contribution in [2.45, 2.75) is 18.7 Å². The third-order valence-electron chi connectivity index (χ3n) is 1.82. The number of aliphatic hydroxyl groups excluding tert-OH is 1. The van der Waals surface area contributed by atoms with Crippen molar-refractivity contribution in [1.82, 2.24) is 0 Å². The number of alkyl halides is 3. The molecule has 0 saturated carbocycles. The second-order valence-corrected chi connectivity index (χ2v) is 2.97. The Morgan fingerprint density at radius 2 is 1.80 bits per heavy atom. The summed E-state index contributed by atoms with van der Waals surface area (Å²) in [7, 11) is 0. The molecule has 0 aromatic heterocycles. The number of hydrogen-bond acceptors (Lipinski definition) is 1. The van der Waals surface area contributed by atoms with Crippen LogP contribution in [0.15, 0.2) is 18.2 Å². The molecule has 0 fully saturated rings. The Balaban J connectivity index is 2.86. The zero-order valence-electron chi connectivity index (χ0n) is 7.35. The minimum absolute atomic E-state index is 0.500. The minimum atomic E-state index is -4.83. The van der Waals surface area contributed by atoms with E-state index in [-0.39, 0.29) is 0 Å². The SMILES string of the molecule is OC(Cc1cccc(F)c1F)C(F)(F)F. The smallest absolute Gasteiger partial charge is 0.383 e. The maximum atomic E-state index is 12.9.